The van der Waals surface area contributed by atoms with E-state index in [4.69, 9.17) is 10.3 Å². The zero-order valence-corrected chi connectivity index (χ0v) is 20.1. The average molecular weight is 505 g/mol. The Hall–Kier alpha value is -3.90. The third-order valence-corrected chi connectivity index (χ3v) is 6.03. The molecule has 1 saturated heterocycles. The zero-order chi connectivity index (χ0) is 26.0. The Morgan fingerprint density at radius 1 is 1.42 bits per heavy atom. The van der Waals surface area contributed by atoms with E-state index in [2.05, 4.69) is 25.8 Å². The summed E-state index contributed by atoms with van der Waals surface area (Å²) in [5.41, 5.74) is 8.79. The number of nitrogens with one attached hydrogen (secondary N) is 3. The highest BCUT2D eigenvalue weighted by molar-refractivity contribution is 5.88. The van der Waals surface area contributed by atoms with Crippen LogP contribution >= 0.6 is 0 Å². The van der Waals surface area contributed by atoms with Crippen molar-refractivity contribution in [1.29, 1.82) is 5.53 Å². The van der Waals surface area contributed by atoms with Gasteiger partial charge in [-0.2, -0.15) is 10.1 Å². The number of likely N-dealkylation sites (tertiary alicyclic amines) is 1. The van der Waals surface area contributed by atoms with Crippen molar-refractivity contribution in [2.75, 3.05) is 37.4 Å². The van der Waals surface area contributed by atoms with Crippen LogP contribution in [0.4, 0.5) is 30.5 Å². The lowest BCUT2D eigenvalue weighted by molar-refractivity contribution is -0.131. The van der Waals surface area contributed by atoms with E-state index in [0.717, 1.165) is 6.20 Å². The van der Waals surface area contributed by atoms with E-state index in [1.807, 2.05) is 0 Å². The number of benzene rings is 1. The van der Waals surface area contributed by atoms with Crippen molar-refractivity contribution in [2.45, 2.75) is 38.7 Å². The maximum absolute atomic E-state index is 15.2. The lowest BCUT2D eigenvalue weighted by Crippen LogP contribution is -2.49. The number of carbonyl (C=O) groups excluding carboxylic acids is 1. The van der Waals surface area contributed by atoms with Gasteiger partial charge in [0.2, 0.25) is 17.7 Å². The lowest BCUT2D eigenvalue weighted by atomic mass is 10.0. The Bertz CT molecular complexity index is 1280. The van der Waals surface area contributed by atoms with Crippen LogP contribution in [0, 0.1) is 11.3 Å². The smallest absolute Gasteiger partial charge is 0.244 e. The summed E-state index contributed by atoms with van der Waals surface area (Å²) in [4.78, 5) is 17.3. The summed E-state index contributed by atoms with van der Waals surface area (Å²) in [5.74, 6) is -0.692. The van der Waals surface area contributed by atoms with Crippen LogP contribution in [0.2, 0.25) is 0 Å². The van der Waals surface area contributed by atoms with Gasteiger partial charge in [0.15, 0.2) is 5.82 Å². The molecule has 0 unspecified atom stereocenters. The number of ether oxygens (including phenoxy) is 1. The van der Waals surface area contributed by atoms with Crippen LogP contribution in [0.3, 0.4) is 0 Å². The Morgan fingerprint density at radius 2 is 2.19 bits per heavy atom. The van der Waals surface area contributed by atoms with Gasteiger partial charge >= 0.3 is 0 Å². The van der Waals surface area contributed by atoms with Crippen molar-refractivity contribution in [3.63, 3.8) is 0 Å². The summed E-state index contributed by atoms with van der Waals surface area (Å²) in [6, 6.07) is 4.04. The van der Waals surface area contributed by atoms with Gasteiger partial charge in [-0.05, 0) is 31.0 Å². The van der Waals surface area contributed by atoms with E-state index in [-0.39, 0.29) is 47.6 Å². The fourth-order valence-electron chi connectivity index (χ4n) is 4.20. The molecule has 10 nitrogen and oxygen atoms in total. The predicted molar refractivity (Wildman–Crippen MR) is 128 cm³/mol. The zero-order valence-electron chi connectivity index (χ0n) is 20.1. The maximum atomic E-state index is 15.2. The number of methoxy groups -OCH3 is 1. The number of nitrogens with zero attached hydrogens (tertiary/aromatic N) is 5. The van der Waals surface area contributed by atoms with E-state index >= 15 is 4.39 Å². The van der Waals surface area contributed by atoms with Gasteiger partial charge in [-0.3, -0.25) is 4.79 Å². The van der Waals surface area contributed by atoms with E-state index in [9.17, 15) is 13.6 Å². The molecule has 36 heavy (non-hydrogen) atoms. The third-order valence-electron chi connectivity index (χ3n) is 6.03. The molecule has 1 fully saturated rings. The molecule has 3 atom stereocenters. The van der Waals surface area contributed by atoms with Crippen LogP contribution in [0.15, 0.2) is 29.5 Å². The quantitative estimate of drug-likeness (QED) is 0.393. The van der Waals surface area contributed by atoms with Crippen LogP contribution in [0.1, 0.15) is 20.3 Å². The van der Waals surface area contributed by atoms with Crippen molar-refractivity contribution in [2.24, 2.45) is 5.11 Å². The summed E-state index contributed by atoms with van der Waals surface area (Å²) in [6.07, 6.45) is -0.956. The number of alkyl halides is 2. The number of piperidine rings is 1. The van der Waals surface area contributed by atoms with Gasteiger partial charge in [-0.1, -0.05) is 6.07 Å². The summed E-state index contributed by atoms with van der Waals surface area (Å²) < 4.78 is 49.9. The Labute approximate surface area is 205 Å². The molecule has 1 amide bonds. The molecular formula is C23H27F3N8O2. The largest absolute Gasteiger partial charge is 0.479 e. The first-order valence-corrected chi connectivity index (χ1v) is 11.4. The van der Waals surface area contributed by atoms with Crippen LogP contribution in [0.5, 0.6) is 5.88 Å². The van der Waals surface area contributed by atoms with Gasteiger partial charge in [-0.25, -0.2) is 23.2 Å². The van der Waals surface area contributed by atoms with Gasteiger partial charge in [0.05, 0.1) is 37.1 Å². The standard InChI is InChI=1S/C23H27F3N8O2/c1-12(24)9-28-19-8-14(4-5-18(19)31-27)20-16(26)11-34-21(20)22(36-3)30-23(32-34)29-17-6-7-33(13(2)35)10-15(17)25/h4-5,8,11-12,15,17,27-28H,6-7,9-10H2,1-3H3,(H,29,32)/t12-,15+,17-/m0/s1. The Kier molecular flexibility index (Phi) is 7.27. The van der Waals surface area contributed by atoms with Crippen LogP contribution in [-0.4, -0.2) is 70.5 Å². The minimum atomic E-state index is -1.33. The Morgan fingerprint density at radius 3 is 2.83 bits per heavy atom. The molecule has 3 N–H and O–H groups in total. The summed E-state index contributed by atoms with van der Waals surface area (Å²) in [7, 11) is 1.38. The molecule has 0 radical (unpaired) electrons. The Balaban J connectivity index is 1.69. The number of halogens is 3. The van der Waals surface area contributed by atoms with Crippen molar-refractivity contribution in [3.8, 4) is 17.0 Å². The molecule has 0 saturated carbocycles. The number of hydrogen-bond acceptors (Lipinski definition) is 8. The van der Waals surface area contributed by atoms with Crippen LogP contribution in [0.25, 0.3) is 16.6 Å². The number of anilines is 2. The SMILES string of the molecule is COc1nc(N[C@H]2CCN(C(C)=O)C[C@H]2F)nn2cc(F)c(-c3ccc(N=N)c(NC[C@H](C)F)c3)c12. The van der Waals surface area contributed by atoms with Crippen molar-refractivity contribution in [3.05, 3.63) is 30.2 Å². The average Bonchev–Trinajstić information content (AvgIpc) is 3.18. The van der Waals surface area contributed by atoms with Gasteiger partial charge in [0.25, 0.3) is 0 Å². The van der Waals surface area contributed by atoms with Crippen molar-refractivity contribution >= 4 is 28.7 Å². The monoisotopic (exact) mass is 504 g/mol. The first-order valence-electron chi connectivity index (χ1n) is 11.4. The van der Waals surface area contributed by atoms with E-state index < -0.39 is 24.2 Å². The van der Waals surface area contributed by atoms with Gasteiger partial charge in [0, 0.05) is 20.0 Å². The van der Waals surface area contributed by atoms with Crippen LogP contribution < -0.4 is 15.4 Å². The molecule has 0 aliphatic carbocycles. The molecule has 3 heterocycles. The molecule has 13 heteroatoms. The second kappa shape index (κ2) is 10.4. The molecule has 0 spiro atoms. The number of carbonyl (C=O) groups is 1. The summed E-state index contributed by atoms with van der Waals surface area (Å²) in [5, 5.41) is 13.6. The minimum Gasteiger partial charge on any atom is -0.479 e. The predicted octanol–water partition coefficient (Wildman–Crippen LogP) is 4.35. The number of rotatable bonds is 8. The molecule has 1 aliphatic heterocycles. The van der Waals surface area contributed by atoms with Gasteiger partial charge in [-0.15, -0.1) is 5.10 Å². The first kappa shape index (κ1) is 25.2. The van der Waals surface area contributed by atoms with Crippen molar-refractivity contribution in [1.82, 2.24) is 19.5 Å². The lowest BCUT2D eigenvalue weighted by Gasteiger charge is -2.34. The fraction of sp³-hybridized carbons (Fsp3) is 0.435. The number of fused-ring (bicyclic) bond motifs is 1. The summed E-state index contributed by atoms with van der Waals surface area (Å²) >= 11 is 0. The molecule has 1 aliphatic rings. The highest BCUT2D eigenvalue weighted by Crippen LogP contribution is 2.38. The highest BCUT2D eigenvalue weighted by Gasteiger charge is 2.31. The molecule has 0 bridgehead atoms. The van der Waals surface area contributed by atoms with E-state index in [1.165, 1.54) is 36.4 Å². The second-order valence-electron chi connectivity index (χ2n) is 8.62. The molecule has 3 aromatic rings. The number of amides is 1. The minimum absolute atomic E-state index is 0.00661. The van der Waals surface area contributed by atoms with Gasteiger partial charge in [0.1, 0.15) is 23.5 Å². The number of hydrogen-bond donors (Lipinski definition) is 3. The van der Waals surface area contributed by atoms with Gasteiger partial charge < -0.3 is 20.3 Å². The third kappa shape index (κ3) is 5.04. The summed E-state index contributed by atoms with van der Waals surface area (Å²) in [6.45, 7) is 3.14. The highest BCUT2D eigenvalue weighted by atomic mass is 19.1. The maximum Gasteiger partial charge on any atom is 0.244 e. The normalized spacial score (nSPS) is 18.7. The number of aromatic nitrogens is 3. The molecule has 192 valence electrons. The van der Waals surface area contributed by atoms with Crippen LogP contribution in [-0.2, 0) is 4.79 Å². The van der Waals surface area contributed by atoms with E-state index in [0.29, 0.717) is 24.2 Å². The molecule has 2 aromatic heterocycles. The first-order chi connectivity index (χ1) is 17.2. The molecule has 4 rings (SSSR count). The van der Waals surface area contributed by atoms with Crippen molar-refractivity contribution < 1.29 is 22.7 Å². The van der Waals surface area contributed by atoms with E-state index in [1.54, 1.807) is 12.1 Å². The topological polar surface area (TPSA) is 120 Å². The molecular weight excluding hydrogens is 477 g/mol. The molecule has 1 aromatic carbocycles. The second-order valence-corrected chi connectivity index (χ2v) is 8.62. The fourth-order valence-corrected chi connectivity index (χ4v) is 4.20.